The minimum atomic E-state index is -1.31. The van der Waals surface area contributed by atoms with Gasteiger partial charge in [-0.05, 0) is 64.5 Å². The van der Waals surface area contributed by atoms with E-state index in [-0.39, 0.29) is 17.5 Å². The monoisotopic (exact) mass is 652 g/mol. The molecule has 2 aromatic heterocycles. The van der Waals surface area contributed by atoms with Crippen molar-refractivity contribution in [3.05, 3.63) is 37.1 Å². The van der Waals surface area contributed by atoms with Crippen LogP contribution >= 0.6 is 0 Å². The van der Waals surface area contributed by atoms with Crippen molar-refractivity contribution in [2.24, 2.45) is 29.6 Å². The van der Waals surface area contributed by atoms with Crippen molar-refractivity contribution in [2.45, 2.75) is 111 Å². The van der Waals surface area contributed by atoms with E-state index >= 15 is 0 Å². The van der Waals surface area contributed by atoms with Crippen LogP contribution < -0.4 is 0 Å². The molecule has 47 heavy (non-hydrogen) atoms. The fraction of sp³-hybridized carbons (Fsp3) is 0.667. The minimum absolute atomic E-state index is 0.0352. The minimum Gasteiger partial charge on any atom is -0.458 e. The molecule has 9 atom stereocenters. The number of carbonyl (C=O) groups is 4. The average molecular weight is 653 g/mol. The number of methoxy groups -OCH3 is 1. The predicted molar refractivity (Wildman–Crippen MR) is 176 cm³/mol. The smallest absolute Gasteiger partial charge is 0.410 e. The average Bonchev–Trinajstić information content (AvgIpc) is 3.64. The number of esters is 1. The molecular weight excluding hydrogens is 600 g/mol. The zero-order chi connectivity index (χ0) is 34.7. The van der Waals surface area contributed by atoms with Crippen molar-refractivity contribution in [1.82, 2.24) is 19.4 Å². The van der Waals surface area contributed by atoms with Crippen molar-refractivity contribution in [3.63, 3.8) is 0 Å². The molecule has 0 N–H and O–H groups in total. The largest absolute Gasteiger partial charge is 0.458 e. The lowest BCUT2D eigenvalue weighted by Gasteiger charge is -2.43. The molecule has 0 aromatic carbocycles. The molecule has 2 fully saturated rings. The first kappa shape index (κ1) is 36.2. The molecule has 0 aliphatic carbocycles. The summed E-state index contributed by atoms with van der Waals surface area (Å²) >= 11 is 0. The number of aromatic nitrogens is 3. The lowest BCUT2D eigenvalue weighted by Crippen LogP contribution is -2.58. The zero-order valence-electron chi connectivity index (χ0n) is 29.4. The molecule has 2 aromatic rings. The van der Waals surface area contributed by atoms with Gasteiger partial charge in [0.2, 0.25) is 0 Å². The number of amides is 1. The Morgan fingerprint density at radius 3 is 2.34 bits per heavy atom. The van der Waals surface area contributed by atoms with Crippen LogP contribution in [0.3, 0.4) is 0 Å². The number of aryl methyl sites for hydroxylation is 1. The summed E-state index contributed by atoms with van der Waals surface area (Å²) in [6.45, 7) is 15.6. The maximum Gasteiger partial charge on any atom is 0.410 e. The summed E-state index contributed by atoms with van der Waals surface area (Å²) in [6, 6.07) is 3.14. The Kier molecular flexibility index (Phi) is 11.3. The first-order valence-electron chi connectivity index (χ1n) is 16.9. The molecule has 4 rings (SSSR count). The standard InChI is InChI=1S/C36H52N4O7/c1-10-29-36(8)32(40(34(44)47-36)17-12-11-16-39-20-28(38-21-39)27-14-13-15-37-19-27)24(4)30(41)22(2)18-35(7,45-9)26(6)23(3)31(42)25(5)33(43)46-29/h13-15,19-26,29,32H,10-12,16-18H2,1-9H3. The van der Waals surface area contributed by atoms with Crippen LogP contribution in [-0.4, -0.2) is 80.1 Å². The lowest BCUT2D eigenvalue weighted by atomic mass is 9.70. The summed E-state index contributed by atoms with van der Waals surface area (Å²) in [4.78, 5) is 65.1. The number of pyridine rings is 1. The fourth-order valence-electron chi connectivity index (χ4n) is 7.61. The van der Waals surface area contributed by atoms with E-state index in [1.165, 1.54) is 0 Å². The Morgan fingerprint density at radius 1 is 1.00 bits per heavy atom. The van der Waals surface area contributed by atoms with Gasteiger partial charge in [0.1, 0.15) is 23.6 Å². The van der Waals surface area contributed by atoms with Gasteiger partial charge in [-0.2, -0.15) is 0 Å². The van der Waals surface area contributed by atoms with E-state index in [4.69, 9.17) is 14.2 Å². The topological polar surface area (TPSA) is 130 Å². The Hall–Kier alpha value is -3.60. The van der Waals surface area contributed by atoms with Crippen molar-refractivity contribution < 1.29 is 33.4 Å². The normalized spacial score (nSPS) is 34.1. The van der Waals surface area contributed by atoms with Gasteiger partial charge in [0.25, 0.3) is 0 Å². The van der Waals surface area contributed by atoms with Gasteiger partial charge in [-0.15, -0.1) is 0 Å². The summed E-state index contributed by atoms with van der Waals surface area (Å²) in [5.74, 6) is -3.81. The van der Waals surface area contributed by atoms with Crippen LogP contribution in [0.5, 0.6) is 0 Å². The Labute approximate surface area is 278 Å². The van der Waals surface area contributed by atoms with Gasteiger partial charge in [0.15, 0.2) is 5.60 Å². The molecule has 2 aliphatic heterocycles. The second-order valence-corrected chi connectivity index (χ2v) is 14.0. The van der Waals surface area contributed by atoms with Gasteiger partial charge in [-0.25, -0.2) is 9.78 Å². The third kappa shape index (κ3) is 7.29. The second-order valence-electron chi connectivity index (χ2n) is 14.0. The summed E-state index contributed by atoms with van der Waals surface area (Å²) in [5, 5.41) is 0. The van der Waals surface area contributed by atoms with E-state index in [2.05, 4.69) is 9.97 Å². The first-order chi connectivity index (χ1) is 22.2. The quantitative estimate of drug-likeness (QED) is 0.199. The third-order valence-corrected chi connectivity index (χ3v) is 10.9. The van der Waals surface area contributed by atoms with Gasteiger partial charge in [-0.3, -0.25) is 19.4 Å². The molecule has 1 amide bonds. The number of cyclic esters (lactones) is 1. The van der Waals surface area contributed by atoms with Gasteiger partial charge in [0, 0.05) is 62.1 Å². The summed E-state index contributed by atoms with van der Waals surface area (Å²) in [5.41, 5.74) is -0.344. The van der Waals surface area contributed by atoms with Crippen LogP contribution in [-0.2, 0) is 35.1 Å². The number of imidazole rings is 1. The molecule has 11 nitrogen and oxygen atoms in total. The van der Waals surface area contributed by atoms with Crippen LogP contribution in [0, 0.1) is 29.6 Å². The van der Waals surface area contributed by atoms with Crippen molar-refractivity contribution >= 4 is 23.6 Å². The SMILES string of the molecule is CCC1OC(=O)C(C)C(=O)C(C)C(C)C(C)(OC)CC(C)C(=O)C(C)C2N(CCCCn3cnc(-c4cccnc4)c3)C(=O)OC12C. The highest BCUT2D eigenvalue weighted by Crippen LogP contribution is 2.43. The molecule has 2 saturated heterocycles. The van der Waals surface area contributed by atoms with E-state index in [1.54, 1.807) is 51.5 Å². The van der Waals surface area contributed by atoms with E-state index in [1.807, 2.05) is 57.5 Å². The zero-order valence-corrected chi connectivity index (χ0v) is 29.4. The number of rotatable bonds is 8. The van der Waals surface area contributed by atoms with Crippen LogP contribution in [0.2, 0.25) is 0 Å². The van der Waals surface area contributed by atoms with E-state index in [0.29, 0.717) is 32.4 Å². The van der Waals surface area contributed by atoms with Crippen molar-refractivity contribution in [3.8, 4) is 11.3 Å². The molecular formula is C36H52N4O7. The predicted octanol–water partition coefficient (Wildman–Crippen LogP) is 5.75. The Morgan fingerprint density at radius 2 is 1.70 bits per heavy atom. The van der Waals surface area contributed by atoms with Gasteiger partial charge < -0.3 is 23.7 Å². The Bertz CT molecular complexity index is 1430. The number of unbranched alkanes of at least 4 members (excludes halogenated alkanes) is 1. The molecule has 11 heteroatoms. The van der Waals surface area contributed by atoms with Crippen molar-refractivity contribution in [2.75, 3.05) is 13.7 Å². The van der Waals surface area contributed by atoms with Crippen LogP contribution in [0.4, 0.5) is 4.79 Å². The molecule has 0 bridgehead atoms. The van der Waals surface area contributed by atoms with Crippen LogP contribution in [0.25, 0.3) is 11.3 Å². The fourth-order valence-corrected chi connectivity index (χ4v) is 7.61. The third-order valence-electron chi connectivity index (χ3n) is 10.9. The number of carbonyl (C=O) groups excluding carboxylic acids is 4. The number of ether oxygens (including phenoxy) is 3. The molecule has 258 valence electrons. The number of hydrogen-bond donors (Lipinski definition) is 0. The molecule has 0 radical (unpaired) electrons. The van der Waals surface area contributed by atoms with Crippen molar-refractivity contribution in [1.29, 1.82) is 0 Å². The number of Topliss-reactive ketones (excluding diaryl/α,β-unsaturated/α-hetero) is 2. The second kappa shape index (κ2) is 14.7. The van der Waals surface area contributed by atoms with E-state index in [9.17, 15) is 19.2 Å². The molecule has 0 spiro atoms. The molecule has 9 unspecified atom stereocenters. The Balaban J connectivity index is 1.60. The molecule has 2 aliphatic rings. The highest BCUT2D eigenvalue weighted by molar-refractivity contribution is 6.00. The maximum absolute atomic E-state index is 14.2. The highest BCUT2D eigenvalue weighted by atomic mass is 16.6. The van der Waals surface area contributed by atoms with Crippen LogP contribution in [0.1, 0.15) is 81.1 Å². The molecule has 0 saturated carbocycles. The number of nitrogens with zero attached hydrogens (tertiary/aromatic N) is 4. The van der Waals surface area contributed by atoms with E-state index in [0.717, 1.165) is 17.7 Å². The van der Waals surface area contributed by atoms with Gasteiger partial charge >= 0.3 is 12.1 Å². The lowest BCUT2D eigenvalue weighted by molar-refractivity contribution is -0.172. The first-order valence-corrected chi connectivity index (χ1v) is 16.9. The van der Waals surface area contributed by atoms with Crippen LogP contribution in [0.15, 0.2) is 37.1 Å². The van der Waals surface area contributed by atoms with Gasteiger partial charge in [0.05, 0.1) is 23.7 Å². The highest BCUT2D eigenvalue weighted by Gasteiger charge is 2.60. The summed E-state index contributed by atoms with van der Waals surface area (Å²) < 4.78 is 20.1. The number of ketones is 2. The van der Waals surface area contributed by atoms with Gasteiger partial charge in [-0.1, -0.05) is 34.6 Å². The number of hydrogen-bond acceptors (Lipinski definition) is 9. The number of fused-ring (bicyclic) bond motifs is 1. The summed E-state index contributed by atoms with van der Waals surface area (Å²) in [7, 11) is 1.59. The maximum atomic E-state index is 14.2. The summed E-state index contributed by atoms with van der Waals surface area (Å²) in [6.07, 6.45) is 7.97. The van der Waals surface area contributed by atoms with E-state index < -0.39 is 59.1 Å². The molecule has 4 heterocycles.